The number of methoxy groups -OCH3 is 1. The quantitative estimate of drug-likeness (QED) is 0.206. The molecule has 0 bridgehead atoms. The lowest BCUT2D eigenvalue weighted by molar-refractivity contribution is -0.138. The maximum atomic E-state index is 14.2. The van der Waals surface area contributed by atoms with Gasteiger partial charge in [0, 0.05) is 28.2 Å². The van der Waals surface area contributed by atoms with Gasteiger partial charge in [-0.15, -0.1) is 0 Å². The molecule has 36 heavy (non-hydrogen) atoms. The summed E-state index contributed by atoms with van der Waals surface area (Å²) in [6, 6.07) is 20.6. The summed E-state index contributed by atoms with van der Waals surface area (Å²) < 4.78 is 47.5. The number of ether oxygens (including phenoxy) is 1. The van der Waals surface area contributed by atoms with Crippen LogP contribution in [0.5, 0.6) is 5.75 Å². The highest BCUT2D eigenvalue weighted by Gasteiger charge is 2.35. The number of carboxylic acid groups (broad SMARTS) is 1. The molecule has 0 aliphatic rings. The Morgan fingerprint density at radius 1 is 1.03 bits per heavy atom. The molecule has 184 valence electrons. The average molecular weight is 492 g/mol. The third-order valence-corrected chi connectivity index (χ3v) is 5.93. The Hall–Kier alpha value is -4.26. The zero-order valence-corrected chi connectivity index (χ0v) is 19.7. The van der Waals surface area contributed by atoms with Crippen LogP contribution in [0, 0.1) is 0 Å². The van der Waals surface area contributed by atoms with Crippen molar-refractivity contribution in [1.82, 2.24) is 4.98 Å². The molecule has 1 aromatic heterocycles. The van der Waals surface area contributed by atoms with Crippen LogP contribution in [-0.2, 0) is 11.0 Å². The van der Waals surface area contributed by atoms with Crippen LogP contribution < -0.4 is 4.74 Å². The molecule has 0 aliphatic carbocycles. The van der Waals surface area contributed by atoms with Crippen molar-refractivity contribution in [3.63, 3.8) is 0 Å². The van der Waals surface area contributed by atoms with E-state index in [2.05, 4.69) is 4.98 Å². The van der Waals surface area contributed by atoms with Gasteiger partial charge < -0.3 is 14.8 Å². The van der Waals surface area contributed by atoms with E-state index in [1.165, 1.54) is 25.3 Å². The minimum Gasteiger partial charge on any atom is -0.497 e. The van der Waals surface area contributed by atoms with Gasteiger partial charge in [-0.2, -0.15) is 13.2 Å². The van der Waals surface area contributed by atoms with Crippen molar-refractivity contribution in [2.75, 3.05) is 7.11 Å². The zero-order valence-electron chi connectivity index (χ0n) is 19.7. The SMILES string of the molecule is CC/C(=C(/c1ccc(/C=C/C(=O)O)cc1)c1cc2ccccc2[nH]1)c1ccc(OC)cc1C(F)(F)F. The van der Waals surface area contributed by atoms with Crippen LogP contribution in [0.3, 0.4) is 0 Å². The van der Waals surface area contributed by atoms with Crippen LogP contribution in [0.25, 0.3) is 28.1 Å². The van der Waals surface area contributed by atoms with Gasteiger partial charge in [-0.1, -0.05) is 55.5 Å². The number of halogens is 3. The molecular formula is C29H24F3NO3. The Bertz CT molecular complexity index is 1430. The van der Waals surface area contributed by atoms with Crippen molar-refractivity contribution in [2.45, 2.75) is 19.5 Å². The van der Waals surface area contributed by atoms with Gasteiger partial charge in [0.15, 0.2) is 0 Å². The molecule has 2 N–H and O–H groups in total. The Kier molecular flexibility index (Phi) is 7.01. The highest BCUT2D eigenvalue weighted by atomic mass is 19.4. The van der Waals surface area contributed by atoms with Gasteiger partial charge in [0.25, 0.3) is 0 Å². The molecule has 1 heterocycles. The fourth-order valence-electron chi connectivity index (χ4n) is 4.28. The van der Waals surface area contributed by atoms with Gasteiger partial charge in [-0.25, -0.2) is 4.79 Å². The molecule has 0 saturated carbocycles. The Morgan fingerprint density at radius 3 is 2.36 bits per heavy atom. The Morgan fingerprint density at radius 2 is 1.75 bits per heavy atom. The van der Waals surface area contributed by atoms with Crippen molar-refractivity contribution in [3.05, 3.63) is 107 Å². The van der Waals surface area contributed by atoms with Crippen LogP contribution in [0.4, 0.5) is 13.2 Å². The van der Waals surface area contributed by atoms with Crippen molar-refractivity contribution in [1.29, 1.82) is 0 Å². The number of carbonyl (C=O) groups is 1. The number of alkyl halides is 3. The molecule has 0 saturated heterocycles. The molecule has 4 rings (SSSR count). The summed E-state index contributed by atoms with van der Waals surface area (Å²) in [6.45, 7) is 1.83. The van der Waals surface area contributed by atoms with Gasteiger partial charge in [-0.3, -0.25) is 0 Å². The number of nitrogens with one attached hydrogen (secondary N) is 1. The maximum absolute atomic E-state index is 14.2. The third-order valence-electron chi connectivity index (χ3n) is 5.93. The van der Waals surface area contributed by atoms with Crippen molar-refractivity contribution >= 4 is 34.1 Å². The van der Waals surface area contributed by atoms with E-state index in [0.717, 1.165) is 23.0 Å². The second kappa shape index (κ2) is 10.2. The van der Waals surface area contributed by atoms with Gasteiger partial charge in [0.1, 0.15) is 5.75 Å². The summed E-state index contributed by atoms with van der Waals surface area (Å²) in [5, 5.41) is 9.83. The fourth-order valence-corrected chi connectivity index (χ4v) is 4.28. The lowest BCUT2D eigenvalue weighted by Crippen LogP contribution is -2.10. The first kappa shape index (κ1) is 24.9. The largest absolute Gasteiger partial charge is 0.497 e. The minimum atomic E-state index is -4.58. The second-order valence-electron chi connectivity index (χ2n) is 8.18. The molecule has 0 unspecified atom stereocenters. The first-order chi connectivity index (χ1) is 17.2. The number of fused-ring (bicyclic) bond motifs is 1. The number of carboxylic acids is 1. The Balaban J connectivity index is 2.00. The van der Waals surface area contributed by atoms with Crippen molar-refractivity contribution in [2.24, 2.45) is 0 Å². The van der Waals surface area contributed by atoms with Crippen LogP contribution in [0.1, 0.15) is 41.3 Å². The number of rotatable bonds is 7. The van der Waals surface area contributed by atoms with E-state index < -0.39 is 17.7 Å². The van der Waals surface area contributed by atoms with Crippen molar-refractivity contribution in [3.8, 4) is 5.75 Å². The lowest BCUT2D eigenvalue weighted by atomic mass is 9.88. The molecule has 0 atom stereocenters. The van der Waals surface area contributed by atoms with E-state index in [9.17, 15) is 18.0 Å². The lowest BCUT2D eigenvalue weighted by Gasteiger charge is -2.20. The summed E-state index contributed by atoms with van der Waals surface area (Å²) in [5.41, 5.74) is 3.38. The topological polar surface area (TPSA) is 62.3 Å². The fraction of sp³-hybridized carbons (Fsp3) is 0.138. The Labute approximate surface area is 206 Å². The third kappa shape index (κ3) is 5.20. The number of H-pyrrole nitrogens is 1. The normalized spacial score (nSPS) is 12.7. The number of aromatic amines is 1. The molecule has 3 aromatic carbocycles. The predicted molar refractivity (Wildman–Crippen MR) is 136 cm³/mol. The number of aromatic nitrogens is 1. The summed E-state index contributed by atoms with van der Waals surface area (Å²) in [5.74, 6) is -0.937. The van der Waals surface area contributed by atoms with Gasteiger partial charge in [0.2, 0.25) is 0 Å². The minimum absolute atomic E-state index is 0.0781. The van der Waals surface area contributed by atoms with Gasteiger partial charge >= 0.3 is 12.1 Å². The summed E-state index contributed by atoms with van der Waals surface area (Å²) in [4.78, 5) is 14.2. The number of hydrogen-bond donors (Lipinski definition) is 2. The van der Waals surface area contributed by atoms with E-state index in [4.69, 9.17) is 9.84 Å². The molecular weight excluding hydrogens is 467 g/mol. The first-order valence-corrected chi connectivity index (χ1v) is 11.3. The molecule has 0 fully saturated rings. The van der Waals surface area contributed by atoms with E-state index >= 15 is 0 Å². The maximum Gasteiger partial charge on any atom is 0.417 e. The molecule has 0 radical (unpaired) electrons. The number of aliphatic carboxylic acids is 1. The first-order valence-electron chi connectivity index (χ1n) is 11.3. The number of benzene rings is 3. The number of para-hydroxylation sites is 1. The molecule has 0 aliphatic heterocycles. The van der Waals surface area contributed by atoms with E-state index in [-0.39, 0.29) is 11.3 Å². The van der Waals surface area contributed by atoms with E-state index in [1.807, 2.05) is 37.3 Å². The van der Waals surface area contributed by atoms with E-state index in [1.54, 1.807) is 24.3 Å². The average Bonchev–Trinajstić information content (AvgIpc) is 3.29. The molecule has 0 amide bonds. The van der Waals surface area contributed by atoms with Crippen LogP contribution in [-0.4, -0.2) is 23.2 Å². The van der Waals surface area contributed by atoms with Crippen molar-refractivity contribution < 1.29 is 27.8 Å². The van der Waals surface area contributed by atoms with Crippen LogP contribution >= 0.6 is 0 Å². The van der Waals surface area contributed by atoms with Crippen LogP contribution in [0.15, 0.2) is 78.9 Å². The molecule has 4 aromatic rings. The smallest absolute Gasteiger partial charge is 0.417 e. The highest BCUT2D eigenvalue weighted by molar-refractivity contribution is 6.01. The van der Waals surface area contributed by atoms with Gasteiger partial charge in [-0.05, 0) is 59.0 Å². The monoisotopic (exact) mass is 491 g/mol. The molecule has 0 spiro atoms. The molecule has 7 heteroatoms. The zero-order chi connectivity index (χ0) is 25.9. The summed E-state index contributed by atoms with van der Waals surface area (Å²) in [6.07, 6.45) is -1.75. The predicted octanol–water partition coefficient (Wildman–Crippen LogP) is 7.66. The summed E-state index contributed by atoms with van der Waals surface area (Å²) >= 11 is 0. The van der Waals surface area contributed by atoms with Gasteiger partial charge in [0.05, 0.1) is 12.7 Å². The van der Waals surface area contributed by atoms with E-state index in [0.29, 0.717) is 34.4 Å². The standard InChI is InChI=1S/C29H24F3NO3/c1-3-22(23-14-13-21(36-2)17-24(23)29(30,31)32)28(26-16-20-6-4-5-7-25(20)33-26)19-11-8-18(9-12-19)10-15-27(34)35/h4-17,33H,3H2,1-2H3,(H,34,35)/b15-10+,28-22+. The molecule has 4 nitrogen and oxygen atoms in total. The number of allylic oxidation sites excluding steroid dienone is 1. The number of hydrogen-bond acceptors (Lipinski definition) is 2. The van der Waals surface area contributed by atoms with Crippen LogP contribution in [0.2, 0.25) is 0 Å². The second-order valence-corrected chi connectivity index (χ2v) is 8.18. The highest BCUT2D eigenvalue weighted by Crippen LogP contribution is 2.42. The summed E-state index contributed by atoms with van der Waals surface area (Å²) in [7, 11) is 1.34.